The molecule has 1 aliphatic heterocycles. The van der Waals surface area contributed by atoms with Crippen LogP contribution in [0.15, 0.2) is 60.7 Å². The molecule has 14 heteroatoms. The van der Waals surface area contributed by atoms with Gasteiger partial charge in [-0.2, -0.15) is 0 Å². The maximum absolute atomic E-state index is 13.9. The lowest BCUT2D eigenvalue weighted by molar-refractivity contribution is -0.147. The molecule has 0 spiro atoms. The maximum Gasteiger partial charge on any atom is 0.328 e. The average Bonchev–Trinajstić information content (AvgIpc) is 3.56. The molecule has 49 heavy (non-hydrogen) atoms. The summed E-state index contributed by atoms with van der Waals surface area (Å²) in [5.74, 6) is -4.42. The Morgan fingerprint density at radius 3 is 1.98 bits per heavy atom. The van der Waals surface area contributed by atoms with E-state index in [4.69, 9.17) is 5.73 Å². The largest absolute Gasteiger partial charge is 0.480 e. The third-order valence-corrected chi connectivity index (χ3v) is 8.20. The van der Waals surface area contributed by atoms with Crippen molar-refractivity contribution in [1.29, 1.82) is 0 Å². The second-order valence-electron chi connectivity index (χ2n) is 12.8. The Hall–Kier alpha value is -4.82. The van der Waals surface area contributed by atoms with E-state index in [9.17, 15) is 39.0 Å². The van der Waals surface area contributed by atoms with E-state index < -0.39 is 78.4 Å². The van der Waals surface area contributed by atoms with Crippen LogP contribution in [-0.4, -0.2) is 100 Å². The fourth-order valence-corrected chi connectivity index (χ4v) is 5.67. The Kier molecular flexibility index (Phi) is 14.7. The smallest absolute Gasteiger partial charge is 0.328 e. The highest BCUT2D eigenvalue weighted by molar-refractivity contribution is 5.95. The lowest BCUT2D eigenvalue weighted by Crippen LogP contribution is -2.58. The molecule has 1 heterocycles. The number of nitrogens with zero attached hydrogens (tertiary/aromatic N) is 1. The molecule has 0 bridgehead atoms. The molecule has 6 atom stereocenters. The molecule has 0 aliphatic carbocycles. The normalized spacial score (nSPS) is 17.3. The number of carbonyl (C=O) groups is 6. The van der Waals surface area contributed by atoms with Crippen molar-refractivity contribution < 1.29 is 39.0 Å². The standard InChI is InChI=1S/C35H48N6O8/c1-21(2)17-26(39-31(44)25(36)18-23-11-6-4-7-12-23)32(45)37-20-29(43)38-27(19-24-13-8-5-9-14-24)34(47)41-16-10-15-28(41)33(46)40-30(22(3)42)35(48)49/h4-9,11-14,21-22,25-28,30,42H,10,15-20,36H2,1-3H3,(H,37,45)(H,38,43)(H,39,44)(H,40,46)(H,48,49)/t22-,25-,26+,27+,28+,30+/m1/s1. The van der Waals surface area contributed by atoms with Crippen LogP contribution in [0.4, 0.5) is 0 Å². The zero-order chi connectivity index (χ0) is 36.1. The highest BCUT2D eigenvalue weighted by Crippen LogP contribution is 2.20. The van der Waals surface area contributed by atoms with E-state index in [1.54, 1.807) is 30.3 Å². The maximum atomic E-state index is 13.9. The van der Waals surface area contributed by atoms with Crippen molar-refractivity contribution in [3.63, 3.8) is 0 Å². The molecule has 0 aromatic heterocycles. The first-order valence-electron chi connectivity index (χ1n) is 16.5. The van der Waals surface area contributed by atoms with Crippen LogP contribution in [0.3, 0.4) is 0 Å². The van der Waals surface area contributed by atoms with E-state index in [0.29, 0.717) is 12.8 Å². The quantitative estimate of drug-likeness (QED) is 0.118. The van der Waals surface area contributed by atoms with Crippen LogP contribution < -0.4 is 27.0 Å². The molecular weight excluding hydrogens is 632 g/mol. The third-order valence-electron chi connectivity index (χ3n) is 8.20. The van der Waals surface area contributed by atoms with Crippen LogP contribution in [0.1, 0.15) is 51.2 Å². The minimum absolute atomic E-state index is 0.0278. The number of carboxylic acids is 1. The number of nitrogens with two attached hydrogens (primary N) is 1. The molecule has 14 nitrogen and oxygen atoms in total. The van der Waals surface area contributed by atoms with Gasteiger partial charge in [0.2, 0.25) is 29.5 Å². The molecule has 266 valence electrons. The number of benzene rings is 2. The predicted octanol–water partition coefficient (Wildman–Crippen LogP) is -0.128. The Morgan fingerprint density at radius 2 is 1.43 bits per heavy atom. The number of aliphatic hydroxyl groups is 1. The van der Waals surface area contributed by atoms with Gasteiger partial charge in [-0.05, 0) is 49.7 Å². The van der Waals surface area contributed by atoms with Gasteiger partial charge in [-0.15, -0.1) is 0 Å². The Morgan fingerprint density at radius 1 is 0.837 bits per heavy atom. The minimum atomic E-state index is -1.56. The molecular formula is C35H48N6O8. The molecule has 2 aromatic rings. The number of hydrogen-bond acceptors (Lipinski definition) is 8. The van der Waals surface area contributed by atoms with Gasteiger partial charge < -0.3 is 42.1 Å². The topological polar surface area (TPSA) is 220 Å². The number of aliphatic hydroxyl groups excluding tert-OH is 1. The number of likely N-dealkylation sites (tertiary alicyclic amines) is 1. The summed E-state index contributed by atoms with van der Waals surface area (Å²) in [6, 6.07) is 12.6. The van der Waals surface area contributed by atoms with Gasteiger partial charge in [-0.25, -0.2) is 4.79 Å². The molecule has 0 unspecified atom stereocenters. The van der Waals surface area contributed by atoms with Gasteiger partial charge in [0.1, 0.15) is 18.1 Å². The fraction of sp³-hybridized carbons (Fsp3) is 0.486. The molecule has 5 amide bonds. The summed E-state index contributed by atoms with van der Waals surface area (Å²) >= 11 is 0. The summed E-state index contributed by atoms with van der Waals surface area (Å²) in [6.45, 7) is 4.73. The van der Waals surface area contributed by atoms with Crippen LogP contribution in [0.25, 0.3) is 0 Å². The number of nitrogens with one attached hydrogen (secondary N) is 4. The molecule has 3 rings (SSSR count). The zero-order valence-corrected chi connectivity index (χ0v) is 28.1. The number of carbonyl (C=O) groups excluding carboxylic acids is 5. The molecule has 1 saturated heterocycles. The summed E-state index contributed by atoms with van der Waals surface area (Å²) < 4.78 is 0. The molecule has 1 fully saturated rings. The van der Waals surface area contributed by atoms with Crippen LogP contribution in [0.2, 0.25) is 0 Å². The van der Waals surface area contributed by atoms with Gasteiger partial charge in [0.15, 0.2) is 6.04 Å². The average molecular weight is 681 g/mol. The number of aliphatic carboxylic acids is 1. The van der Waals surface area contributed by atoms with Gasteiger partial charge in [-0.3, -0.25) is 24.0 Å². The number of carboxylic acid groups (broad SMARTS) is 1. The first kappa shape index (κ1) is 38.6. The lowest BCUT2D eigenvalue weighted by atomic mass is 10.0. The van der Waals surface area contributed by atoms with Gasteiger partial charge in [0.25, 0.3) is 0 Å². The van der Waals surface area contributed by atoms with Crippen molar-refractivity contribution in [1.82, 2.24) is 26.2 Å². The highest BCUT2D eigenvalue weighted by atomic mass is 16.4. The van der Waals surface area contributed by atoms with Crippen molar-refractivity contribution in [3.8, 4) is 0 Å². The monoisotopic (exact) mass is 680 g/mol. The third kappa shape index (κ3) is 12.0. The van der Waals surface area contributed by atoms with Crippen LogP contribution in [0, 0.1) is 5.92 Å². The van der Waals surface area contributed by atoms with E-state index in [-0.39, 0.29) is 31.7 Å². The first-order chi connectivity index (χ1) is 23.3. The summed E-state index contributed by atoms with van der Waals surface area (Å²) in [7, 11) is 0. The first-order valence-corrected chi connectivity index (χ1v) is 16.5. The van der Waals surface area contributed by atoms with Crippen LogP contribution in [0.5, 0.6) is 0 Å². The second kappa shape index (κ2) is 18.7. The van der Waals surface area contributed by atoms with E-state index >= 15 is 0 Å². The van der Waals surface area contributed by atoms with Crippen molar-refractivity contribution in [2.45, 2.75) is 89.2 Å². The van der Waals surface area contributed by atoms with E-state index in [1.807, 2.05) is 44.2 Å². The minimum Gasteiger partial charge on any atom is -0.480 e. The Bertz CT molecular complexity index is 1440. The van der Waals surface area contributed by atoms with Crippen LogP contribution >= 0.6 is 0 Å². The fourth-order valence-electron chi connectivity index (χ4n) is 5.67. The Balaban J connectivity index is 1.68. The zero-order valence-electron chi connectivity index (χ0n) is 28.1. The van der Waals surface area contributed by atoms with E-state index in [2.05, 4.69) is 21.3 Å². The Labute approximate surface area is 286 Å². The highest BCUT2D eigenvalue weighted by Gasteiger charge is 2.39. The number of rotatable bonds is 17. The van der Waals surface area contributed by atoms with E-state index in [1.165, 1.54) is 11.8 Å². The molecule has 8 N–H and O–H groups in total. The molecule has 1 aliphatic rings. The van der Waals surface area contributed by atoms with Gasteiger partial charge >= 0.3 is 5.97 Å². The van der Waals surface area contributed by atoms with Gasteiger partial charge in [0.05, 0.1) is 18.7 Å². The number of hydrogen-bond donors (Lipinski definition) is 7. The van der Waals surface area contributed by atoms with Crippen molar-refractivity contribution in [2.24, 2.45) is 11.7 Å². The molecule has 0 saturated carbocycles. The summed E-state index contributed by atoms with van der Waals surface area (Å²) in [4.78, 5) is 79.0. The van der Waals surface area contributed by atoms with Gasteiger partial charge in [0, 0.05) is 13.0 Å². The summed E-state index contributed by atoms with van der Waals surface area (Å²) in [6.07, 6.45) is 0.0259. The van der Waals surface area contributed by atoms with Gasteiger partial charge in [-0.1, -0.05) is 74.5 Å². The SMILES string of the molecule is CC(C)C[C@H](NC(=O)[C@H](N)Cc1ccccc1)C(=O)NCC(=O)N[C@@H](Cc1ccccc1)C(=O)N1CCC[C@H]1C(=O)N[C@H](C(=O)O)[C@@H](C)O. The summed E-state index contributed by atoms with van der Waals surface area (Å²) in [5, 5.41) is 29.4. The van der Waals surface area contributed by atoms with Crippen LogP contribution in [-0.2, 0) is 41.6 Å². The predicted molar refractivity (Wildman–Crippen MR) is 181 cm³/mol. The summed E-state index contributed by atoms with van der Waals surface area (Å²) in [5.41, 5.74) is 7.73. The van der Waals surface area contributed by atoms with E-state index in [0.717, 1.165) is 11.1 Å². The molecule has 2 aromatic carbocycles. The second-order valence-corrected chi connectivity index (χ2v) is 12.8. The van der Waals surface area contributed by atoms with Crippen molar-refractivity contribution in [3.05, 3.63) is 71.8 Å². The lowest BCUT2D eigenvalue weighted by Gasteiger charge is -2.30. The number of amides is 5. The van der Waals surface area contributed by atoms with Crippen molar-refractivity contribution in [2.75, 3.05) is 13.1 Å². The molecule has 0 radical (unpaired) electrons. The van der Waals surface area contributed by atoms with Crippen molar-refractivity contribution >= 4 is 35.5 Å².